The van der Waals surface area contributed by atoms with Crippen LogP contribution in [0, 0.1) is 0 Å². The summed E-state index contributed by atoms with van der Waals surface area (Å²) in [5.74, 6) is -0.0706. The molecule has 0 atom stereocenters. The van der Waals surface area contributed by atoms with E-state index in [2.05, 4.69) is 9.97 Å². The summed E-state index contributed by atoms with van der Waals surface area (Å²) in [6.07, 6.45) is 3.89. The molecule has 0 bridgehead atoms. The number of nitrogens with one attached hydrogen (secondary N) is 1. The van der Waals surface area contributed by atoms with Gasteiger partial charge in [0.2, 0.25) is 0 Å². The topological polar surface area (TPSA) is 66.0 Å². The van der Waals surface area contributed by atoms with Crippen LogP contribution < -0.4 is 24.8 Å². The van der Waals surface area contributed by atoms with Gasteiger partial charge in [-0.05, 0) is 0 Å². The van der Waals surface area contributed by atoms with Crippen LogP contribution >= 0.6 is 0 Å². The second kappa shape index (κ2) is 9.86. The molecule has 1 aromatic heterocycles. The third-order valence-electron chi connectivity index (χ3n) is 1.13. The van der Waals surface area contributed by atoms with Gasteiger partial charge in [-0.3, -0.25) is 4.79 Å². The van der Waals surface area contributed by atoms with E-state index in [1.54, 1.807) is 12.4 Å². The molecule has 0 aliphatic rings. The van der Waals surface area contributed by atoms with Crippen LogP contribution in [-0.4, -0.2) is 21.0 Å². The molecule has 0 saturated heterocycles. The number of H-pyrrole nitrogens is 1. The fraction of sp³-hybridized carbons (Fsp3) is 0.333. The fourth-order valence-electron chi connectivity index (χ4n) is 0.660. The zero-order valence-electron chi connectivity index (χ0n) is 6.48. The van der Waals surface area contributed by atoms with Crippen molar-refractivity contribution >= 4 is 5.97 Å². The molecule has 0 aliphatic heterocycles. The Bertz CT molecular complexity index is 218. The molecule has 0 saturated carbocycles. The number of nitrogens with zero attached hydrogens (tertiary/aromatic N) is 1. The first-order valence-electron chi connectivity index (χ1n) is 2.99. The molecule has 0 amide bonds. The first-order valence-corrected chi connectivity index (χ1v) is 2.99. The van der Waals surface area contributed by atoms with E-state index in [-0.39, 0.29) is 48.3 Å². The Morgan fingerprint density at radius 1 is 1.54 bits per heavy atom. The molecule has 0 spiro atoms. The Kier molecular flexibility index (Phi) is 14.1. The van der Waals surface area contributed by atoms with Crippen molar-refractivity contribution in [2.45, 2.75) is 12.8 Å². The Labute approximate surface area is 98.8 Å². The van der Waals surface area contributed by atoms with E-state index < -0.39 is 5.97 Å². The molecule has 1 rings (SSSR count). The summed E-state index contributed by atoms with van der Waals surface area (Å²) in [5, 5.41) is 8.27. The van der Waals surface area contributed by atoms with Crippen LogP contribution in [0.2, 0.25) is 0 Å². The molecule has 4 nitrogen and oxygen atoms in total. The van der Waals surface area contributed by atoms with Gasteiger partial charge in [-0.15, -0.1) is 0 Å². The summed E-state index contributed by atoms with van der Waals surface area (Å²) < 4.78 is 0. The van der Waals surface area contributed by atoms with Crippen molar-refractivity contribution in [2.75, 3.05) is 0 Å². The number of carbonyl (C=O) groups is 1. The molecule has 0 unspecified atom stereocenters. The quantitative estimate of drug-likeness (QED) is 0.537. The van der Waals surface area contributed by atoms with Crippen molar-refractivity contribution in [1.82, 2.24) is 9.97 Å². The number of hydrogen-bond donors (Lipinski definition) is 2. The summed E-state index contributed by atoms with van der Waals surface area (Å²) in [6, 6.07) is 0. The minimum Gasteiger partial charge on any atom is -1.00 e. The Balaban J connectivity index is -0.000000333. The number of aromatic amines is 1. The maximum Gasteiger partial charge on any atom is 2.00 e. The molecular formula is C6H8Cl2FeN2O2. The van der Waals surface area contributed by atoms with Gasteiger partial charge in [0.15, 0.2) is 0 Å². The van der Waals surface area contributed by atoms with Crippen molar-refractivity contribution < 1.29 is 51.8 Å². The standard InChI is InChI=1S/C6H8N2O2.2ClH.Fe/c9-6(10)2-1-5-7-3-4-8-5;;;/h3-4H,1-2H2,(H,7,8)(H,9,10);2*1H;/q;;;+2/p-2. The smallest absolute Gasteiger partial charge is 1.00 e. The van der Waals surface area contributed by atoms with E-state index in [1.165, 1.54) is 0 Å². The Morgan fingerprint density at radius 2 is 2.15 bits per heavy atom. The van der Waals surface area contributed by atoms with Crippen molar-refractivity contribution in [3.05, 3.63) is 18.2 Å². The van der Waals surface area contributed by atoms with Crippen molar-refractivity contribution in [1.29, 1.82) is 0 Å². The van der Waals surface area contributed by atoms with Crippen LogP contribution in [0.5, 0.6) is 0 Å². The Hall–Kier alpha value is -0.221. The van der Waals surface area contributed by atoms with Gasteiger partial charge in [-0.25, -0.2) is 4.98 Å². The molecule has 76 valence electrons. The van der Waals surface area contributed by atoms with Crippen LogP contribution in [0.4, 0.5) is 0 Å². The van der Waals surface area contributed by atoms with Gasteiger partial charge in [0.05, 0.1) is 6.42 Å². The number of aryl methyl sites for hydroxylation is 1. The van der Waals surface area contributed by atoms with E-state index in [1.807, 2.05) is 0 Å². The summed E-state index contributed by atoms with van der Waals surface area (Å²) in [5.41, 5.74) is 0. The normalized spacial score (nSPS) is 7.38. The number of carboxylic acid groups (broad SMARTS) is 1. The molecule has 0 aliphatic carbocycles. The zero-order chi connectivity index (χ0) is 7.40. The van der Waals surface area contributed by atoms with Gasteiger partial charge in [-0.1, -0.05) is 0 Å². The van der Waals surface area contributed by atoms with Crippen LogP contribution in [0.15, 0.2) is 12.4 Å². The number of hydrogen-bond acceptors (Lipinski definition) is 2. The number of halogens is 2. The van der Waals surface area contributed by atoms with Gasteiger partial charge in [0, 0.05) is 18.8 Å². The van der Waals surface area contributed by atoms with Gasteiger partial charge < -0.3 is 34.9 Å². The average molecular weight is 267 g/mol. The summed E-state index contributed by atoms with van der Waals surface area (Å²) >= 11 is 0. The zero-order valence-corrected chi connectivity index (χ0v) is 9.10. The monoisotopic (exact) mass is 266 g/mol. The number of imidazole rings is 1. The van der Waals surface area contributed by atoms with Gasteiger partial charge in [0.25, 0.3) is 0 Å². The predicted octanol–water partition coefficient (Wildman–Crippen LogP) is -5.57. The van der Waals surface area contributed by atoms with Crippen LogP contribution in [-0.2, 0) is 28.3 Å². The minimum atomic E-state index is -0.795. The average Bonchev–Trinajstić information content (AvgIpc) is 2.34. The van der Waals surface area contributed by atoms with Gasteiger partial charge in [-0.2, -0.15) is 0 Å². The third-order valence-corrected chi connectivity index (χ3v) is 1.13. The number of aliphatic carboxylic acids is 1. The van der Waals surface area contributed by atoms with Crippen LogP contribution in [0.1, 0.15) is 12.2 Å². The molecule has 7 heteroatoms. The maximum absolute atomic E-state index is 10.1. The van der Waals surface area contributed by atoms with Gasteiger partial charge >= 0.3 is 23.0 Å². The first kappa shape index (κ1) is 18.5. The summed E-state index contributed by atoms with van der Waals surface area (Å²) in [7, 11) is 0. The SMILES string of the molecule is O=C(O)CCc1ncc[nH]1.[Cl-].[Cl-].[Fe+2]. The van der Waals surface area contributed by atoms with E-state index in [0.717, 1.165) is 5.82 Å². The number of carboxylic acids is 1. The minimum absolute atomic E-state index is 0. The summed E-state index contributed by atoms with van der Waals surface area (Å²) in [4.78, 5) is 16.7. The predicted molar refractivity (Wildman–Crippen MR) is 34.5 cm³/mol. The molecule has 2 N–H and O–H groups in total. The molecule has 13 heavy (non-hydrogen) atoms. The largest absolute Gasteiger partial charge is 2.00 e. The van der Waals surface area contributed by atoms with E-state index in [9.17, 15) is 4.79 Å². The second-order valence-corrected chi connectivity index (χ2v) is 1.93. The van der Waals surface area contributed by atoms with Gasteiger partial charge in [0.1, 0.15) is 5.82 Å². The number of rotatable bonds is 3. The number of aromatic nitrogens is 2. The molecular weight excluding hydrogens is 259 g/mol. The maximum atomic E-state index is 10.1. The third kappa shape index (κ3) is 8.12. The van der Waals surface area contributed by atoms with Crippen molar-refractivity contribution in [2.24, 2.45) is 0 Å². The Morgan fingerprint density at radius 3 is 2.54 bits per heavy atom. The molecule has 0 radical (unpaired) electrons. The van der Waals surface area contributed by atoms with E-state index >= 15 is 0 Å². The van der Waals surface area contributed by atoms with E-state index in [0.29, 0.717) is 6.42 Å². The molecule has 1 aromatic rings. The van der Waals surface area contributed by atoms with Crippen molar-refractivity contribution in [3.8, 4) is 0 Å². The van der Waals surface area contributed by atoms with Crippen molar-refractivity contribution in [3.63, 3.8) is 0 Å². The molecule has 0 aromatic carbocycles. The van der Waals surface area contributed by atoms with Crippen LogP contribution in [0.25, 0.3) is 0 Å². The van der Waals surface area contributed by atoms with E-state index in [4.69, 9.17) is 5.11 Å². The second-order valence-electron chi connectivity index (χ2n) is 1.93. The summed E-state index contributed by atoms with van der Waals surface area (Å²) in [6.45, 7) is 0. The molecule has 0 fully saturated rings. The fourth-order valence-corrected chi connectivity index (χ4v) is 0.660. The van der Waals surface area contributed by atoms with Crippen LogP contribution in [0.3, 0.4) is 0 Å². The molecule has 1 heterocycles. The first-order chi connectivity index (χ1) is 4.79.